The van der Waals surface area contributed by atoms with Gasteiger partial charge in [0.25, 0.3) is 5.91 Å². The van der Waals surface area contributed by atoms with Gasteiger partial charge >= 0.3 is 6.18 Å². The van der Waals surface area contributed by atoms with E-state index in [1.807, 2.05) is 0 Å². The first kappa shape index (κ1) is 15.4. The molecule has 0 spiro atoms. The number of rotatable bonds is 3. The fraction of sp³-hybridized carbons (Fsp3) is 0.462. The van der Waals surface area contributed by atoms with Gasteiger partial charge in [-0.2, -0.15) is 13.2 Å². The zero-order valence-electron chi connectivity index (χ0n) is 11.9. The number of likely N-dealkylation sites (tertiary alicyclic amines) is 1. The van der Waals surface area contributed by atoms with E-state index in [1.54, 1.807) is 22.0 Å². The third-order valence-electron chi connectivity index (χ3n) is 3.66. The minimum Gasteiger partial charge on any atom is -0.334 e. The predicted molar refractivity (Wildman–Crippen MR) is 71.1 cm³/mol. The lowest BCUT2D eigenvalue weighted by atomic mass is 10.2. The number of hydrogen-bond donors (Lipinski definition) is 0. The first-order valence-electron chi connectivity index (χ1n) is 6.99. The predicted octanol–water partition coefficient (Wildman–Crippen LogP) is 1.39. The summed E-state index contributed by atoms with van der Waals surface area (Å²) < 4.78 is 39.0. The topological polar surface area (TPSA) is 76.8 Å². The molecule has 0 aromatic carbocycles. The third-order valence-corrected chi connectivity index (χ3v) is 3.66. The summed E-state index contributed by atoms with van der Waals surface area (Å²) in [6, 6.07) is -0.0773. The number of hydrogen-bond acceptors (Lipinski definition) is 5. The Labute approximate surface area is 129 Å². The van der Waals surface area contributed by atoms with Crippen LogP contribution in [0.4, 0.5) is 13.2 Å². The van der Waals surface area contributed by atoms with Gasteiger partial charge in [0.2, 0.25) is 5.82 Å². The van der Waals surface area contributed by atoms with E-state index in [1.165, 1.54) is 0 Å². The van der Waals surface area contributed by atoms with Gasteiger partial charge in [0.1, 0.15) is 0 Å². The highest BCUT2D eigenvalue weighted by Crippen LogP contribution is 2.26. The highest BCUT2D eigenvalue weighted by Gasteiger charge is 2.35. The molecule has 0 N–H and O–H groups in total. The van der Waals surface area contributed by atoms with Crippen molar-refractivity contribution < 1.29 is 18.0 Å². The maximum atomic E-state index is 12.5. The normalized spacial score (nSPS) is 18.4. The summed E-state index contributed by atoms with van der Waals surface area (Å²) >= 11 is 0. The van der Waals surface area contributed by atoms with Crippen molar-refractivity contribution in [1.29, 1.82) is 0 Å². The Morgan fingerprint density at radius 1 is 1.30 bits per heavy atom. The Morgan fingerprint density at radius 2 is 2.04 bits per heavy atom. The van der Waals surface area contributed by atoms with Gasteiger partial charge in [0.15, 0.2) is 0 Å². The van der Waals surface area contributed by atoms with Crippen LogP contribution in [0.15, 0.2) is 24.8 Å². The van der Waals surface area contributed by atoms with E-state index in [2.05, 4.69) is 20.3 Å². The van der Waals surface area contributed by atoms with E-state index in [-0.39, 0.29) is 17.5 Å². The van der Waals surface area contributed by atoms with Crippen LogP contribution in [0, 0.1) is 0 Å². The van der Waals surface area contributed by atoms with Crippen LogP contribution in [0.2, 0.25) is 0 Å². The van der Waals surface area contributed by atoms with Gasteiger partial charge in [-0.05, 0) is 12.8 Å². The van der Waals surface area contributed by atoms with Crippen molar-refractivity contribution in [3.8, 4) is 0 Å². The van der Waals surface area contributed by atoms with E-state index in [0.29, 0.717) is 13.1 Å². The maximum Gasteiger partial charge on any atom is 0.451 e. The molecule has 23 heavy (non-hydrogen) atoms. The molecule has 1 saturated heterocycles. The Morgan fingerprint density at radius 3 is 2.65 bits per heavy atom. The molecular formula is C13H13F3N6O. The monoisotopic (exact) mass is 326 g/mol. The fourth-order valence-corrected chi connectivity index (χ4v) is 2.59. The number of nitrogens with zero attached hydrogens (tertiary/aromatic N) is 6. The number of amides is 1. The Bertz CT molecular complexity index is 670. The summed E-state index contributed by atoms with van der Waals surface area (Å²) in [5.74, 6) is -1.63. The number of carbonyl (C=O) groups excluding carboxylic acids is 1. The maximum absolute atomic E-state index is 12.5. The van der Waals surface area contributed by atoms with Gasteiger partial charge in [-0.25, -0.2) is 9.97 Å². The van der Waals surface area contributed by atoms with Crippen molar-refractivity contribution >= 4 is 5.91 Å². The summed E-state index contributed by atoms with van der Waals surface area (Å²) in [5, 5.41) is 7.57. The average Bonchev–Trinajstić information content (AvgIpc) is 3.18. The van der Waals surface area contributed by atoms with E-state index in [4.69, 9.17) is 0 Å². The molecular weight excluding hydrogens is 313 g/mol. The lowest BCUT2D eigenvalue weighted by Crippen LogP contribution is -2.38. The molecule has 0 unspecified atom stereocenters. The minimum absolute atomic E-state index is 0.0449. The van der Waals surface area contributed by atoms with Crippen LogP contribution in [-0.4, -0.2) is 48.4 Å². The summed E-state index contributed by atoms with van der Waals surface area (Å²) in [6.45, 7) is 1.03. The average molecular weight is 326 g/mol. The van der Waals surface area contributed by atoms with Crippen molar-refractivity contribution in [2.45, 2.75) is 31.6 Å². The highest BCUT2D eigenvalue weighted by molar-refractivity contribution is 5.94. The Kier molecular flexibility index (Phi) is 3.97. The second kappa shape index (κ2) is 5.94. The van der Waals surface area contributed by atoms with Crippen molar-refractivity contribution in [3.05, 3.63) is 36.2 Å². The number of alkyl halides is 3. The summed E-state index contributed by atoms with van der Waals surface area (Å²) in [5.41, 5.74) is 0.0449. The first-order valence-corrected chi connectivity index (χ1v) is 6.99. The van der Waals surface area contributed by atoms with Crippen LogP contribution in [0.25, 0.3) is 0 Å². The lowest BCUT2D eigenvalue weighted by molar-refractivity contribution is -0.145. The van der Waals surface area contributed by atoms with E-state index in [9.17, 15) is 18.0 Å². The second-order valence-corrected chi connectivity index (χ2v) is 5.21. The number of aromatic nitrogens is 5. The molecule has 0 saturated carbocycles. The third kappa shape index (κ3) is 3.30. The van der Waals surface area contributed by atoms with Gasteiger partial charge in [-0.15, -0.1) is 5.10 Å². The molecule has 1 amide bonds. The van der Waals surface area contributed by atoms with Crippen LogP contribution in [0.3, 0.4) is 0 Å². The molecule has 3 heterocycles. The molecule has 122 valence electrons. The summed E-state index contributed by atoms with van der Waals surface area (Å²) in [4.78, 5) is 20.5. The van der Waals surface area contributed by atoms with Crippen LogP contribution in [0.1, 0.15) is 29.0 Å². The van der Waals surface area contributed by atoms with Crippen molar-refractivity contribution in [2.24, 2.45) is 0 Å². The molecule has 2 aromatic heterocycles. The lowest BCUT2D eigenvalue weighted by Gasteiger charge is -2.24. The van der Waals surface area contributed by atoms with Crippen LogP contribution >= 0.6 is 0 Å². The molecule has 1 atom stereocenters. The van der Waals surface area contributed by atoms with Crippen molar-refractivity contribution in [1.82, 2.24) is 29.9 Å². The molecule has 1 fully saturated rings. The summed E-state index contributed by atoms with van der Waals surface area (Å²) in [7, 11) is 0. The minimum atomic E-state index is -4.62. The number of carbonyl (C=O) groups is 1. The quantitative estimate of drug-likeness (QED) is 0.852. The SMILES string of the molecule is O=C(c1cnc(C(F)(F)F)nc1)N1CCC[C@H]1Cn1ccnn1. The van der Waals surface area contributed by atoms with Crippen LogP contribution < -0.4 is 0 Å². The molecule has 3 rings (SSSR count). The molecule has 0 aliphatic carbocycles. The largest absolute Gasteiger partial charge is 0.451 e. The van der Waals surface area contributed by atoms with E-state index in [0.717, 1.165) is 25.2 Å². The molecule has 10 heteroatoms. The van der Waals surface area contributed by atoms with E-state index >= 15 is 0 Å². The van der Waals surface area contributed by atoms with Crippen LogP contribution in [0.5, 0.6) is 0 Å². The molecule has 1 aliphatic rings. The van der Waals surface area contributed by atoms with Gasteiger partial charge in [-0.3, -0.25) is 9.48 Å². The highest BCUT2D eigenvalue weighted by atomic mass is 19.4. The smallest absolute Gasteiger partial charge is 0.334 e. The Balaban J connectivity index is 1.73. The second-order valence-electron chi connectivity index (χ2n) is 5.21. The summed E-state index contributed by atoms with van der Waals surface area (Å²) in [6.07, 6.45) is 2.09. The molecule has 7 nitrogen and oxygen atoms in total. The molecule has 2 aromatic rings. The zero-order valence-corrected chi connectivity index (χ0v) is 11.9. The number of halogens is 3. The first-order chi connectivity index (χ1) is 10.9. The van der Waals surface area contributed by atoms with Crippen molar-refractivity contribution in [3.63, 3.8) is 0 Å². The fourth-order valence-electron chi connectivity index (χ4n) is 2.59. The Hall–Kier alpha value is -2.52. The molecule has 0 radical (unpaired) electrons. The standard InChI is InChI=1S/C13H13F3N6O/c14-13(15,16)12-17-6-9(7-18-12)11(23)22-4-1-2-10(22)8-21-5-3-19-20-21/h3,5-7,10H,1-2,4,8H2/t10-/m0/s1. The van der Waals surface area contributed by atoms with Crippen LogP contribution in [-0.2, 0) is 12.7 Å². The molecule has 1 aliphatic heterocycles. The van der Waals surface area contributed by atoms with Gasteiger partial charge in [0, 0.05) is 25.1 Å². The van der Waals surface area contributed by atoms with E-state index < -0.39 is 12.0 Å². The zero-order chi connectivity index (χ0) is 16.4. The molecule has 0 bridgehead atoms. The van der Waals surface area contributed by atoms with Crippen molar-refractivity contribution in [2.75, 3.05) is 6.54 Å². The van der Waals surface area contributed by atoms with Gasteiger partial charge in [-0.1, -0.05) is 5.21 Å². The van der Waals surface area contributed by atoms with Gasteiger partial charge in [0.05, 0.1) is 24.3 Å². The van der Waals surface area contributed by atoms with Gasteiger partial charge < -0.3 is 4.90 Å².